The topological polar surface area (TPSA) is 105 Å². The van der Waals surface area contributed by atoms with Gasteiger partial charge < -0.3 is 20.5 Å². The number of carbonyl (C=O) groups excluding carboxylic acids is 2. The summed E-state index contributed by atoms with van der Waals surface area (Å²) in [5.74, 6) is -0.570. The number of aliphatic carboxylic acids is 1. The average Bonchev–Trinajstić information content (AvgIpc) is 2.74. The number of benzene rings is 3. The minimum atomic E-state index is -1.12. The monoisotopic (exact) mass is 404 g/mol. The van der Waals surface area contributed by atoms with Gasteiger partial charge in [-0.1, -0.05) is 36.4 Å². The minimum absolute atomic E-state index is 0.115. The van der Waals surface area contributed by atoms with Crippen LogP contribution in [0.2, 0.25) is 0 Å². The van der Waals surface area contributed by atoms with Gasteiger partial charge in [0.15, 0.2) is 0 Å². The fourth-order valence-corrected chi connectivity index (χ4v) is 2.71. The van der Waals surface area contributed by atoms with Crippen molar-refractivity contribution in [2.75, 3.05) is 11.9 Å². The van der Waals surface area contributed by atoms with E-state index < -0.39 is 18.4 Å². The smallest absolute Gasteiger partial charge is 0.322 e. The van der Waals surface area contributed by atoms with Crippen molar-refractivity contribution in [1.29, 1.82) is 0 Å². The number of rotatable bonds is 8. The lowest BCUT2D eigenvalue weighted by atomic mass is 10.1. The molecule has 0 heterocycles. The van der Waals surface area contributed by atoms with Gasteiger partial charge in [-0.3, -0.25) is 14.4 Å². The van der Waals surface area contributed by atoms with Gasteiger partial charge in [-0.05, 0) is 42.5 Å². The first kappa shape index (κ1) is 20.6. The fraction of sp³-hybridized carbons (Fsp3) is 0.0870. The van der Waals surface area contributed by atoms with Crippen LogP contribution in [0.15, 0.2) is 78.9 Å². The van der Waals surface area contributed by atoms with Crippen LogP contribution in [0.4, 0.5) is 5.69 Å². The Kier molecular flexibility index (Phi) is 6.78. The van der Waals surface area contributed by atoms with Crippen molar-refractivity contribution in [2.24, 2.45) is 0 Å². The Morgan fingerprint density at radius 2 is 1.50 bits per heavy atom. The Morgan fingerprint density at radius 1 is 0.833 bits per heavy atom. The molecule has 3 aromatic rings. The van der Waals surface area contributed by atoms with Crippen molar-refractivity contribution in [2.45, 2.75) is 6.42 Å². The van der Waals surface area contributed by atoms with Gasteiger partial charge in [-0.2, -0.15) is 0 Å². The van der Waals surface area contributed by atoms with Crippen LogP contribution in [0.1, 0.15) is 15.9 Å². The maximum atomic E-state index is 12.5. The van der Waals surface area contributed by atoms with Crippen LogP contribution in [-0.2, 0) is 16.0 Å². The number of anilines is 1. The van der Waals surface area contributed by atoms with E-state index in [1.807, 2.05) is 48.5 Å². The molecule has 0 saturated heterocycles. The van der Waals surface area contributed by atoms with E-state index >= 15 is 0 Å². The Balaban J connectivity index is 1.61. The maximum Gasteiger partial charge on any atom is 0.322 e. The predicted octanol–water partition coefficient (Wildman–Crippen LogP) is 3.47. The van der Waals surface area contributed by atoms with Crippen molar-refractivity contribution in [3.63, 3.8) is 0 Å². The number of carboxylic acids is 1. The summed E-state index contributed by atoms with van der Waals surface area (Å²) in [5, 5.41) is 13.7. The number of hydrogen-bond acceptors (Lipinski definition) is 4. The van der Waals surface area contributed by atoms with Gasteiger partial charge in [0.1, 0.15) is 18.0 Å². The molecule has 3 aromatic carbocycles. The first-order chi connectivity index (χ1) is 14.5. The van der Waals surface area contributed by atoms with Gasteiger partial charge >= 0.3 is 5.97 Å². The molecule has 30 heavy (non-hydrogen) atoms. The van der Waals surface area contributed by atoms with E-state index in [0.717, 1.165) is 5.56 Å². The number of carbonyl (C=O) groups is 3. The van der Waals surface area contributed by atoms with E-state index in [4.69, 9.17) is 9.84 Å². The number of amides is 2. The molecule has 0 aromatic heterocycles. The second kappa shape index (κ2) is 9.88. The summed E-state index contributed by atoms with van der Waals surface area (Å²) in [4.78, 5) is 34.8. The summed E-state index contributed by atoms with van der Waals surface area (Å²) >= 11 is 0. The maximum absolute atomic E-state index is 12.5. The summed E-state index contributed by atoms with van der Waals surface area (Å²) < 4.78 is 5.88. The highest BCUT2D eigenvalue weighted by Gasteiger charge is 2.11. The largest absolute Gasteiger partial charge is 0.480 e. The first-order valence-electron chi connectivity index (χ1n) is 9.22. The highest BCUT2D eigenvalue weighted by molar-refractivity contribution is 5.97. The number of carboxylic acid groups (broad SMARTS) is 1. The molecule has 0 aliphatic heterocycles. The van der Waals surface area contributed by atoms with Gasteiger partial charge in [0.05, 0.1) is 6.42 Å². The summed E-state index contributed by atoms with van der Waals surface area (Å²) in [5.41, 5.74) is 1.57. The average molecular weight is 404 g/mol. The number of ether oxygens (including phenoxy) is 1. The molecule has 0 aliphatic carbocycles. The predicted molar refractivity (Wildman–Crippen MR) is 112 cm³/mol. The number of hydrogen-bond donors (Lipinski definition) is 3. The molecule has 0 fully saturated rings. The van der Waals surface area contributed by atoms with Gasteiger partial charge in [0.2, 0.25) is 5.91 Å². The molecule has 0 unspecified atom stereocenters. The SMILES string of the molecule is O=C(O)CNC(=O)c1ccc(NC(=O)Cc2ccccc2Oc2ccccc2)cc1. The standard InChI is InChI=1S/C23H20N2O5/c26-21(25-18-12-10-16(11-13-18)23(29)24-15-22(27)28)14-17-6-4-5-9-20(17)30-19-7-2-1-3-8-19/h1-13H,14-15H2,(H,24,29)(H,25,26)(H,27,28). The molecule has 2 amide bonds. The highest BCUT2D eigenvalue weighted by Crippen LogP contribution is 2.25. The molecule has 0 spiro atoms. The second-order valence-electron chi connectivity index (χ2n) is 6.40. The highest BCUT2D eigenvalue weighted by atomic mass is 16.5. The van der Waals surface area contributed by atoms with E-state index in [9.17, 15) is 14.4 Å². The van der Waals surface area contributed by atoms with Crippen LogP contribution in [-0.4, -0.2) is 29.4 Å². The Bertz CT molecular complexity index is 1030. The van der Waals surface area contributed by atoms with Crippen molar-refractivity contribution in [3.05, 3.63) is 90.0 Å². The van der Waals surface area contributed by atoms with Crippen LogP contribution in [0.25, 0.3) is 0 Å². The van der Waals surface area contributed by atoms with Crippen LogP contribution in [0.5, 0.6) is 11.5 Å². The van der Waals surface area contributed by atoms with Crippen LogP contribution in [0, 0.1) is 0 Å². The molecule has 3 rings (SSSR count). The number of para-hydroxylation sites is 2. The molecule has 3 N–H and O–H groups in total. The summed E-state index contributed by atoms with van der Waals surface area (Å²) in [6, 6.07) is 22.8. The minimum Gasteiger partial charge on any atom is -0.480 e. The molecular formula is C23H20N2O5. The Morgan fingerprint density at radius 3 is 2.20 bits per heavy atom. The molecule has 0 aliphatic rings. The summed E-state index contributed by atoms with van der Waals surface area (Å²) in [6.07, 6.45) is 0.115. The zero-order valence-electron chi connectivity index (χ0n) is 16.0. The van der Waals surface area contributed by atoms with Gasteiger partial charge in [0, 0.05) is 16.8 Å². The third-order valence-corrected chi connectivity index (χ3v) is 4.13. The van der Waals surface area contributed by atoms with E-state index in [1.165, 1.54) is 12.1 Å². The zero-order chi connectivity index (χ0) is 21.3. The van der Waals surface area contributed by atoms with Crippen LogP contribution < -0.4 is 15.4 Å². The Labute approximate surface area is 173 Å². The lowest BCUT2D eigenvalue weighted by molar-refractivity contribution is -0.135. The second-order valence-corrected chi connectivity index (χ2v) is 6.40. The zero-order valence-corrected chi connectivity index (χ0v) is 16.0. The summed E-state index contributed by atoms with van der Waals surface area (Å²) in [7, 11) is 0. The van der Waals surface area contributed by atoms with Crippen LogP contribution >= 0.6 is 0 Å². The van der Waals surface area contributed by atoms with Crippen molar-refractivity contribution in [3.8, 4) is 11.5 Å². The third-order valence-electron chi connectivity index (χ3n) is 4.13. The number of nitrogens with one attached hydrogen (secondary N) is 2. The van der Waals surface area contributed by atoms with E-state index in [0.29, 0.717) is 22.7 Å². The molecule has 152 valence electrons. The lowest BCUT2D eigenvalue weighted by Gasteiger charge is -2.11. The molecular weight excluding hydrogens is 384 g/mol. The van der Waals surface area contributed by atoms with Crippen molar-refractivity contribution < 1.29 is 24.2 Å². The Hall–Kier alpha value is -4.13. The van der Waals surface area contributed by atoms with Crippen molar-refractivity contribution in [1.82, 2.24) is 5.32 Å². The van der Waals surface area contributed by atoms with E-state index in [1.54, 1.807) is 18.2 Å². The fourth-order valence-electron chi connectivity index (χ4n) is 2.71. The third kappa shape index (κ3) is 5.93. The first-order valence-corrected chi connectivity index (χ1v) is 9.22. The molecule has 7 heteroatoms. The summed E-state index contributed by atoms with van der Waals surface area (Å²) in [6.45, 7) is -0.457. The molecule has 0 atom stereocenters. The molecule has 0 saturated carbocycles. The quantitative estimate of drug-likeness (QED) is 0.533. The van der Waals surface area contributed by atoms with Gasteiger partial charge in [0.25, 0.3) is 5.91 Å². The van der Waals surface area contributed by atoms with Gasteiger partial charge in [-0.25, -0.2) is 0 Å². The molecule has 0 radical (unpaired) electrons. The van der Waals surface area contributed by atoms with Crippen molar-refractivity contribution >= 4 is 23.5 Å². The normalized spacial score (nSPS) is 10.1. The van der Waals surface area contributed by atoms with Gasteiger partial charge in [-0.15, -0.1) is 0 Å². The molecule has 0 bridgehead atoms. The molecule has 7 nitrogen and oxygen atoms in total. The van der Waals surface area contributed by atoms with E-state index in [-0.39, 0.29) is 12.3 Å². The van der Waals surface area contributed by atoms with E-state index in [2.05, 4.69) is 10.6 Å². The van der Waals surface area contributed by atoms with Crippen LogP contribution in [0.3, 0.4) is 0 Å². The lowest BCUT2D eigenvalue weighted by Crippen LogP contribution is -2.29.